The quantitative estimate of drug-likeness (QED) is 0.771. The van der Waals surface area contributed by atoms with Crippen LogP contribution in [0, 0.1) is 0 Å². The van der Waals surface area contributed by atoms with E-state index in [0.717, 1.165) is 5.56 Å². The summed E-state index contributed by atoms with van der Waals surface area (Å²) in [5.74, 6) is -0.163. The van der Waals surface area contributed by atoms with Crippen molar-refractivity contribution >= 4 is 5.97 Å². The number of carbonyl (C=O) groups is 1. The summed E-state index contributed by atoms with van der Waals surface area (Å²) in [6.07, 6.45) is 0. The number of rotatable bonds is 6. The van der Waals surface area contributed by atoms with Gasteiger partial charge in [0.05, 0.1) is 13.7 Å². The Balaban J connectivity index is 2.63. The summed E-state index contributed by atoms with van der Waals surface area (Å²) in [5.41, 5.74) is -0.709. The number of hydrogen-bond acceptors (Lipinski definition) is 5. The van der Waals surface area contributed by atoms with Crippen LogP contribution in [0.3, 0.4) is 0 Å². The zero-order chi connectivity index (χ0) is 13.6. The van der Waals surface area contributed by atoms with Gasteiger partial charge in [-0.15, -0.1) is 0 Å². The molecule has 0 aromatic heterocycles. The van der Waals surface area contributed by atoms with Gasteiger partial charge >= 0.3 is 5.97 Å². The van der Waals surface area contributed by atoms with Crippen LogP contribution in [0.2, 0.25) is 0 Å². The van der Waals surface area contributed by atoms with Crippen LogP contribution in [0.5, 0.6) is 5.75 Å². The van der Waals surface area contributed by atoms with E-state index in [1.807, 2.05) is 12.1 Å². The van der Waals surface area contributed by atoms with Crippen molar-refractivity contribution in [2.75, 3.05) is 20.8 Å². The Bertz CT molecular complexity index is 400. The van der Waals surface area contributed by atoms with Gasteiger partial charge in [0, 0.05) is 7.11 Å². The molecule has 0 heterocycles. The van der Waals surface area contributed by atoms with Gasteiger partial charge in [0.15, 0.2) is 5.60 Å². The second-order valence-electron chi connectivity index (χ2n) is 4.13. The normalized spacial score (nSPS) is 13.8. The molecule has 0 aliphatic rings. The molecule has 100 valence electrons. The van der Waals surface area contributed by atoms with Crippen LogP contribution in [0.4, 0.5) is 0 Å². The molecule has 5 heteroatoms. The Labute approximate surface area is 106 Å². The zero-order valence-electron chi connectivity index (χ0n) is 10.8. The highest BCUT2D eigenvalue weighted by Gasteiger charge is 2.32. The van der Waals surface area contributed by atoms with E-state index in [0.29, 0.717) is 12.4 Å². The topological polar surface area (TPSA) is 65.0 Å². The maximum absolute atomic E-state index is 11.3. The average molecular weight is 254 g/mol. The fourth-order valence-corrected chi connectivity index (χ4v) is 1.39. The monoisotopic (exact) mass is 254 g/mol. The second kappa shape index (κ2) is 6.37. The van der Waals surface area contributed by atoms with Gasteiger partial charge in [0.25, 0.3) is 0 Å². The van der Waals surface area contributed by atoms with Gasteiger partial charge in [0.1, 0.15) is 12.4 Å². The standard InChI is InChI=1S/C13H18O5/c1-13(15,12(14)17-3)9-18-11-6-4-5-10(7-11)8-16-2/h4-7,15H,8-9H2,1-3H3. The van der Waals surface area contributed by atoms with Crippen LogP contribution in [-0.4, -0.2) is 37.5 Å². The minimum atomic E-state index is -1.66. The molecule has 1 unspecified atom stereocenters. The lowest BCUT2D eigenvalue weighted by molar-refractivity contribution is -0.163. The number of hydrogen-bond donors (Lipinski definition) is 1. The van der Waals surface area contributed by atoms with Crippen molar-refractivity contribution in [2.45, 2.75) is 19.1 Å². The third kappa shape index (κ3) is 4.01. The molecule has 0 saturated carbocycles. The lowest BCUT2D eigenvalue weighted by Crippen LogP contribution is -2.42. The highest BCUT2D eigenvalue weighted by atomic mass is 16.6. The van der Waals surface area contributed by atoms with E-state index in [1.54, 1.807) is 19.2 Å². The summed E-state index contributed by atoms with van der Waals surface area (Å²) in [5, 5.41) is 9.79. The highest BCUT2D eigenvalue weighted by Crippen LogP contribution is 2.16. The highest BCUT2D eigenvalue weighted by molar-refractivity contribution is 5.78. The number of benzene rings is 1. The van der Waals surface area contributed by atoms with E-state index in [1.165, 1.54) is 14.0 Å². The number of carbonyl (C=O) groups excluding carboxylic acids is 1. The Morgan fingerprint density at radius 3 is 2.72 bits per heavy atom. The maximum atomic E-state index is 11.3. The minimum Gasteiger partial charge on any atom is -0.490 e. The van der Waals surface area contributed by atoms with Crippen LogP contribution >= 0.6 is 0 Å². The summed E-state index contributed by atoms with van der Waals surface area (Å²) >= 11 is 0. The van der Waals surface area contributed by atoms with Crippen molar-refractivity contribution in [1.82, 2.24) is 0 Å². The van der Waals surface area contributed by atoms with Crippen LogP contribution in [0.25, 0.3) is 0 Å². The van der Waals surface area contributed by atoms with E-state index in [9.17, 15) is 9.90 Å². The zero-order valence-corrected chi connectivity index (χ0v) is 10.8. The van der Waals surface area contributed by atoms with Crippen LogP contribution in [0.1, 0.15) is 12.5 Å². The van der Waals surface area contributed by atoms with Crippen LogP contribution in [-0.2, 0) is 20.9 Å². The number of ether oxygens (including phenoxy) is 3. The smallest absolute Gasteiger partial charge is 0.341 e. The van der Waals surface area contributed by atoms with Crippen LogP contribution < -0.4 is 4.74 Å². The molecule has 1 N–H and O–H groups in total. The van der Waals surface area contributed by atoms with Gasteiger partial charge in [-0.25, -0.2) is 4.79 Å². The molecule has 0 aliphatic heterocycles. The summed E-state index contributed by atoms with van der Waals surface area (Å²) in [7, 11) is 2.82. The van der Waals surface area contributed by atoms with E-state index in [-0.39, 0.29) is 6.61 Å². The fraction of sp³-hybridized carbons (Fsp3) is 0.462. The minimum absolute atomic E-state index is 0.171. The molecule has 0 bridgehead atoms. The number of esters is 1. The van der Waals surface area contributed by atoms with E-state index in [2.05, 4.69) is 4.74 Å². The largest absolute Gasteiger partial charge is 0.490 e. The number of methoxy groups -OCH3 is 2. The summed E-state index contributed by atoms with van der Waals surface area (Å²) in [6, 6.07) is 7.24. The Kier molecular flexibility index (Phi) is 5.12. The van der Waals surface area contributed by atoms with Crippen molar-refractivity contribution in [2.24, 2.45) is 0 Å². The van der Waals surface area contributed by atoms with E-state index in [4.69, 9.17) is 9.47 Å². The van der Waals surface area contributed by atoms with E-state index < -0.39 is 11.6 Å². The maximum Gasteiger partial charge on any atom is 0.341 e. The summed E-state index contributed by atoms with van der Waals surface area (Å²) < 4.78 is 14.9. The van der Waals surface area contributed by atoms with E-state index >= 15 is 0 Å². The molecular weight excluding hydrogens is 236 g/mol. The van der Waals surface area contributed by atoms with Crippen molar-refractivity contribution in [3.8, 4) is 5.75 Å². The first-order valence-electron chi connectivity index (χ1n) is 5.51. The second-order valence-corrected chi connectivity index (χ2v) is 4.13. The average Bonchev–Trinajstić information content (AvgIpc) is 2.36. The molecule has 0 fully saturated rings. The molecule has 5 nitrogen and oxygen atoms in total. The molecule has 0 radical (unpaired) electrons. The van der Waals surface area contributed by atoms with Crippen LogP contribution in [0.15, 0.2) is 24.3 Å². The SMILES string of the molecule is COCc1cccc(OCC(C)(O)C(=O)OC)c1. The first-order chi connectivity index (χ1) is 8.49. The molecule has 1 atom stereocenters. The molecule has 1 aromatic rings. The van der Waals surface area contributed by atoms with Gasteiger partial charge in [0.2, 0.25) is 0 Å². The molecule has 1 aromatic carbocycles. The van der Waals surface area contributed by atoms with Gasteiger partial charge in [-0.1, -0.05) is 12.1 Å². The fourth-order valence-electron chi connectivity index (χ4n) is 1.39. The lowest BCUT2D eigenvalue weighted by Gasteiger charge is -2.20. The van der Waals surface area contributed by atoms with Crippen molar-refractivity contribution in [1.29, 1.82) is 0 Å². The van der Waals surface area contributed by atoms with Crippen molar-refractivity contribution in [3.05, 3.63) is 29.8 Å². The Morgan fingerprint density at radius 1 is 1.39 bits per heavy atom. The molecule has 18 heavy (non-hydrogen) atoms. The number of aliphatic hydroxyl groups is 1. The predicted molar refractivity (Wildman–Crippen MR) is 65.3 cm³/mol. The summed E-state index contributed by atoms with van der Waals surface area (Å²) in [6.45, 7) is 1.65. The third-order valence-corrected chi connectivity index (χ3v) is 2.35. The van der Waals surface area contributed by atoms with Gasteiger partial charge < -0.3 is 19.3 Å². The van der Waals surface area contributed by atoms with Gasteiger partial charge in [-0.05, 0) is 24.6 Å². The molecule has 0 aliphatic carbocycles. The third-order valence-electron chi connectivity index (χ3n) is 2.35. The molecule has 1 rings (SSSR count). The molecule has 0 spiro atoms. The van der Waals surface area contributed by atoms with Crippen molar-refractivity contribution < 1.29 is 24.1 Å². The first-order valence-corrected chi connectivity index (χ1v) is 5.51. The molecular formula is C13H18O5. The predicted octanol–water partition coefficient (Wildman–Crippen LogP) is 1.14. The van der Waals surface area contributed by atoms with Gasteiger partial charge in [-0.3, -0.25) is 0 Å². The van der Waals surface area contributed by atoms with Gasteiger partial charge in [-0.2, -0.15) is 0 Å². The Hall–Kier alpha value is -1.59. The van der Waals surface area contributed by atoms with Crippen molar-refractivity contribution in [3.63, 3.8) is 0 Å². The summed E-state index contributed by atoms with van der Waals surface area (Å²) in [4.78, 5) is 11.3. The Morgan fingerprint density at radius 2 is 2.11 bits per heavy atom. The first kappa shape index (κ1) is 14.5. The molecule has 0 saturated heterocycles. The lowest BCUT2D eigenvalue weighted by atomic mass is 10.1. The molecule has 0 amide bonds.